The van der Waals surface area contributed by atoms with Gasteiger partial charge in [-0.1, -0.05) is 26.7 Å². The molecule has 0 bridgehead atoms. The first kappa shape index (κ1) is 20.1. The first-order chi connectivity index (χ1) is 11.3. The first-order valence-corrected chi connectivity index (χ1v) is 9.20. The first-order valence-electron chi connectivity index (χ1n) is 7.76. The number of hydrogen-bond donors (Lipinski definition) is 1. The zero-order valence-corrected chi connectivity index (χ0v) is 14.6. The Balaban J connectivity index is 3.08. The monoisotopic (exact) mass is 358 g/mol. The fraction of sp³-hybridized carbons (Fsp3) is 0.500. The van der Waals surface area contributed by atoms with Crippen LogP contribution in [0.1, 0.15) is 60.2 Å². The molecule has 0 unspecified atom stereocenters. The fourth-order valence-electron chi connectivity index (χ4n) is 1.77. The molecule has 0 saturated heterocycles. The molecule has 0 spiro atoms. The predicted molar refractivity (Wildman–Crippen MR) is 86.6 cm³/mol. The zero-order chi connectivity index (χ0) is 18.2. The van der Waals surface area contributed by atoms with E-state index in [0.29, 0.717) is 12.8 Å². The Hall–Kier alpha value is -1.93. The SMILES string of the molecule is CCCCOC(=O)c1cc(C(=O)OCCCC)cc(S(=O)(=O)O)c1. The second-order valence-corrected chi connectivity index (χ2v) is 6.62. The van der Waals surface area contributed by atoms with Gasteiger partial charge in [-0.15, -0.1) is 0 Å². The summed E-state index contributed by atoms with van der Waals surface area (Å²) in [5.74, 6) is -1.53. The van der Waals surface area contributed by atoms with E-state index >= 15 is 0 Å². The van der Waals surface area contributed by atoms with Gasteiger partial charge in [-0.05, 0) is 31.0 Å². The molecular weight excluding hydrogens is 336 g/mol. The molecule has 0 saturated carbocycles. The highest BCUT2D eigenvalue weighted by Crippen LogP contribution is 2.17. The highest BCUT2D eigenvalue weighted by Gasteiger charge is 2.20. The number of carbonyl (C=O) groups is 2. The van der Waals surface area contributed by atoms with Gasteiger partial charge in [0.25, 0.3) is 10.1 Å². The van der Waals surface area contributed by atoms with Crippen LogP contribution in [0.4, 0.5) is 0 Å². The molecule has 1 aromatic rings. The van der Waals surface area contributed by atoms with Gasteiger partial charge in [0.15, 0.2) is 0 Å². The highest BCUT2D eigenvalue weighted by molar-refractivity contribution is 7.85. The molecule has 1 rings (SSSR count). The van der Waals surface area contributed by atoms with Gasteiger partial charge in [-0.2, -0.15) is 8.42 Å². The summed E-state index contributed by atoms with van der Waals surface area (Å²) in [4.78, 5) is 23.4. The molecule has 0 aliphatic carbocycles. The van der Waals surface area contributed by atoms with E-state index in [1.165, 1.54) is 6.07 Å². The maximum Gasteiger partial charge on any atom is 0.338 e. The topological polar surface area (TPSA) is 107 Å². The number of esters is 2. The van der Waals surface area contributed by atoms with Gasteiger partial charge in [0.1, 0.15) is 0 Å². The van der Waals surface area contributed by atoms with Crippen LogP contribution in [-0.4, -0.2) is 38.1 Å². The van der Waals surface area contributed by atoms with Gasteiger partial charge in [0, 0.05) is 0 Å². The van der Waals surface area contributed by atoms with Gasteiger partial charge in [-0.3, -0.25) is 4.55 Å². The van der Waals surface area contributed by atoms with E-state index in [1.807, 2.05) is 13.8 Å². The second-order valence-electron chi connectivity index (χ2n) is 5.20. The Bertz CT molecular complexity index is 639. The summed E-state index contributed by atoms with van der Waals surface area (Å²) in [5.41, 5.74) is -0.271. The third-order valence-electron chi connectivity index (χ3n) is 3.14. The summed E-state index contributed by atoms with van der Waals surface area (Å²) in [6.45, 7) is 4.22. The van der Waals surface area contributed by atoms with E-state index < -0.39 is 27.0 Å². The van der Waals surface area contributed by atoms with Crippen LogP contribution in [0.3, 0.4) is 0 Å². The smallest absolute Gasteiger partial charge is 0.338 e. The predicted octanol–water partition coefficient (Wildman–Crippen LogP) is 2.85. The normalized spacial score (nSPS) is 11.1. The van der Waals surface area contributed by atoms with Gasteiger partial charge in [-0.25, -0.2) is 9.59 Å². The molecule has 0 amide bonds. The van der Waals surface area contributed by atoms with Crippen molar-refractivity contribution in [2.24, 2.45) is 0 Å². The van der Waals surface area contributed by atoms with Crippen LogP contribution in [0.25, 0.3) is 0 Å². The van der Waals surface area contributed by atoms with Crippen LogP contribution >= 0.6 is 0 Å². The summed E-state index contributed by atoms with van der Waals surface area (Å²) < 4.78 is 41.9. The molecule has 7 nitrogen and oxygen atoms in total. The molecule has 8 heteroatoms. The Morgan fingerprint density at radius 2 is 1.33 bits per heavy atom. The Labute approximate surface area is 141 Å². The van der Waals surface area contributed by atoms with Crippen molar-refractivity contribution in [3.63, 3.8) is 0 Å². The second kappa shape index (κ2) is 9.39. The third-order valence-corrected chi connectivity index (χ3v) is 3.97. The molecule has 0 heterocycles. The Kier molecular flexibility index (Phi) is 7.87. The van der Waals surface area contributed by atoms with Crippen LogP contribution in [0.2, 0.25) is 0 Å². The lowest BCUT2D eigenvalue weighted by atomic mass is 10.1. The van der Waals surface area contributed by atoms with Crippen molar-refractivity contribution in [3.8, 4) is 0 Å². The lowest BCUT2D eigenvalue weighted by Gasteiger charge is -2.09. The number of ether oxygens (including phenoxy) is 2. The minimum Gasteiger partial charge on any atom is -0.462 e. The summed E-state index contributed by atoms with van der Waals surface area (Å²) >= 11 is 0. The maximum atomic E-state index is 12.0. The minimum absolute atomic E-state index is 0.135. The van der Waals surface area contributed by atoms with Crippen LogP contribution in [0, 0.1) is 0 Å². The molecule has 0 aromatic heterocycles. The summed E-state index contributed by atoms with van der Waals surface area (Å²) in [6, 6.07) is 3.12. The molecule has 0 aliphatic heterocycles. The van der Waals surface area contributed by atoms with Crippen molar-refractivity contribution in [3.05, 3.63) is 29.3 Å². The summed E-state index contributed by atoms with van der Waals surface area (Å²) in [7, 11) is -4.58. The van der Waals surface area contributed by atoms with Crippen molar-refractivity contribution < 1.29 is 32.0 Å². The average molecular weight is 358 g/mol. The van der Waals surface area contributed by atoms with E-state index in [1.54, 1.807) is 0 Å². The van der Waals surface area contributed by atoms with E-state index in [0.717, 1.165) is 25.0 Å². The van der Waals surface area contributed by atoms with Crippen LogP contribution in [-0.2, 0) is 19.6 Å². The minimum atomic E-state index is -4.58. The van der Waals surface area contributed by atoms with Gasteiger partial charge in [0.05, 0.1) is 29.2 Å². The summed E-state index contributed by atoms with van der Waals surface area (Å²) in [6.07, 6.45) is 2.98. The van der Waals surface area contributed by atoms with Gasteiger partial charge >= 0.3 is 11.9 Å². The van der Waals surface area contributed by atoms with Crippen molar-refractivity contribution in [2.75, 3.05) is 13.2 Å². The number of rotatable bonds is 9. The third kappa shape index (κ3) is 6.29. The van der Waals surface area contributed by atoms with Gasteiger partial charge in [0.2, 0.25) is 0 Å². The zero-order valence-electron chi connectivity index (χ0n) is 13.8. The van der Waals surface area contributed by atoms with E-state index in [4.69, 9.17) is 9.47 Å². The van der Waals surface area contributed by atoms with Crippen molar-refractivity contribution in [1.29, 1.82) is 0 Å². The highest BCUT2D eigenvalue weighted by atomic mass is 32.2. The van der Waals surface area contributed by atoms with Crippen molar-refractivity contribution in [2.45, 2.75) is 44.4 Å². The quantitative estimate of drug-likeness (QED) is 0.411. The number of benzene rings is 1. The molecule has 134 valence electrons. The average Bonchev–Trinajstić information content (AvgIpc) is 2.53. The van der Waals surface area contributed by atoms with Crippen molar-refractivity contribution in [1.82, 2.24) is 0 Å². The maximum absolute atomic E-state index is 12.0. The number of carbonyl (C=O) groups excluding carboxylic acids is 2. The standard InChI is InChI=1S/C16H22O7S/c1-3-5-7-22-15(17)12-9-13(16(18)23-8-6-4-2)11-14(10-12)24(19,20)21/h9-11H,3-8H2,1-2H3,(H,19,20,21). The van der Waals surface area contributed by atoms with Crippen molar-refractivity contribution >= 4 is 22.1 Å². The Morgan fingerprint density at radius 1 is 0.917 bits per heavy atom. The fourth-order valence-corrected chi connectivity index (χ4v) is 2.32. The van der Waals surface area contributed by atoms with Crippen LogP contribution < -0.4 is 0 Å². The summed E-state index contributed by atoms with van der Waals surface area (Å²) in [5, 5.41) is 0. The molecule has 1 N–H and O–H groups in total. The van der Waals surface area contributed by atoms with E-state index in [9.17, 15) is 22.6 Å². The molecule has 24 heavy (non-hydrogen) atoms. The molecule has 0 radical (unpaired) electrons. The molecule has 0 aliphatic rings. The molecule has 1 aromatic carbocycles. The van der Waals surface area contributed by atoms with Gasteiger partial charge < -0.3 is 9.47 Å². The number of hydrogen-bond acceptors (Lipinski definition) is 6. The van der Waals surface area contributed by atoms with E-state index in [2.05, 4.69) is 0 Å². The number of unbranched alkanes of at least 4 members (excludes halogenated alkanes) is 2. The Morgan fingerprint density at radius 3 is 1.67 bits per heavy atom. The lowest BCUT2D eigenvalue weighted by Crippen LogP contribution is -2.12. The van der Waals surface area contributed by atoms with Crippen LogP contribution in [0.5, 0.6) is 0 Å². The molecule has 0 atom stereocenters. The largest absolute Gasteiger partial charge is 0.462 e. The van der Waals surface area contributed by atoms with Crippen LogP contribution in [0.15, 0.2) is 23.1 Å². The molecular formula is C16H22O7S. The van der Waals surface area contributed by atoms with E-state index in [-0.39, 0.29) is 24.3 Å². The molecule has 0 fully saturated rings. The lowest BCUT2D eigenvalue weighted by molar-refractivity contribution is 0.0497.